The molecule has 1 aliphatic carbocycles. The number of carbonyl (C=O) groups is 1. The van der Waals surface area contributed by atoms with Crippen LogP contribution in [0.15, 0.2) is 12.5 Å². The molecule has 5 nitrogen and oxygen atoms in total. The van der Waals surface area contributed by atoms with E-state index in [0.717, 1.165) is 25.1 Å². The summed E-state index contributed by atoms with van der Waals surface area (Å²) >= 11 is 0. The van der Waals surface area contributed by atoms with Gasteiger partial charge in [-0.25, -0.2) is 4.98 Å². The van der Waals surface area contributed by atoms with Gasteiger partial charge in [0.05, 0.1) is 12.0 Å². The number of hydrogen-bond acceptors (Lipinski definition) is 3. The largest absolute Gasteiger partial charge is 0.352 e. The van der Waals surface area contributed by atoms with Crippen molar-refractivity contribution in [3.05, 3.63) is 18.2 Å². The van der Waals surface area contributed by atoms with Crippen LogP contribution in [0.5, 0.6) is 0 Å². The van der Waals surface area contributed by atoms with Crippen LogP contribution in [0.4, 0.5) is 0 Å². The van der Waals surface area contributed by atoms with Crippen LogP contribution in [0.3, 0.4) is 0 Å². The lowest BCUT2D eigenvalue weighted by Crippen LogP contribution is -2.38. The van der Waals surface area contributed by atoms with Crippen molar-refractivity contribution in [2.75, 3.05) is 0 Å². The maximum atomic E-state index is 12.0. The molecule has 0 bridgehead atoms. The summed E-state index contributed by atoms with van der Waals surface area (Å²) in [7, 11) is 0. The van der Waals surface area contributed by atoms with Crippen molar-refractivity contribution in [3.8, 4) is 0 Å². The van der Waals surface area contributed by atoms with Crippen LogP contribution in [-0.2, 0) is 17.9 Å². The Hall–Kier alpha value is -1.36. The molecule has 5 heteroatoms. The first-order valence-electron chi connectivity index (χ1n) is 7.67. The summed E-state index contributed by atoms with van der Waals surface area (Å²) in [6.45, 7) is 5.32. The number of aromatic nitrogens is 2. The Labute approximate surface area is 121 Å². The van der Waals surface area contributed by atoms with Gasteiger partial charge in [0.1, 0.15) is 6.54 Å². The molecule has 0 unspecified atom stereocenters. The van der Waals surface area contributed by atoms with E-state index in [2.05, 4.69) is 29.5 Å². The minimum Gasteiger partial charge on any atom is -0.352 e. The zero-order valence-corrected chi connectivity index (χ0v) is 12.6. The molecule has 1 aromatic rings. The monoisotopic (exact) mass is 278 g/mol. The van der Waals surface area contributed by atoms with E-state index < -0.39 is 0 Å². The molecule has 0 aromatic carbocycles. The van der Waals surface area contributed by atoms with Crippen molar-refractivity contribution in [1.29, 1.82) is 0 Å². The third-order valence-corrected chi connectivity index (χ3v) is 3.67. The van der Waals surface area contributed by atoms with Crippen LogP contribution in [0.1, 0.15) is 51.6 Å². The molecule has 0 aliphatic heterocycles. The smallest absolute Gasteiger partial charge is 0.240 e. The van der Waals surface area contributed by atoms with Gasteiger partial charge in [0.2, 0.25) is 5.91 Å². The Balaban J connectivity index is 1.76. The molecule has 112 valence electrons. The maximum Gasteiger partial charge on any atom is 0.240 e. The average Bonchev–Trinajstić information content (AvgIpc) is 2.85. The van der Waals surface area contributed by atoms with Crippen molar-refractivity contribution >= 4 is 5.91 Å². The molecule has 1 saturated carbocycles. The quantitative estimate of drug-likeness (QED) is 0.834. The highest BCUT2D eigenvalue weighted by Gasteiger charge is 2.15. The molecule has 2 rings (SSSR count). The van der Waals surface area contributed by atoms with Gasteiger partial charge in [0, 0.05) is 24.8 Å². The third kappa shape index (κ3) is 4.96. The second-order valence-corrected chi connectivity index (χ2v) is 5.98. The van der Waals surface area contributed by atoms with E-state index in [-0.39, 0.29) is 5.91 Å². The van der Waals surface area contributed by atoms with E-state index in [1.165, 1.54) is 19.3 Å². The van der Waals surface area contributed by atoms with Crippen LogP contribution in [0.25, 0.3) is 0 Å². The molecular formula is C15H26N4O. The topological polar surface area (TPSA) is 59.0 Å². The Bertz CT molecular complexity index is 421. The van der Waals surface area contributed by atoms with E-state index in [1.54, 1.807) is 6.33 Å². The molecule has 20 heavy (non-hydrogen) atoms. The van der Waals surface area contributed by atoms with Crippen molar-refractivity contribution < 1.29 is 4.79 Å². The van der Waals surface area contributed by atoms with Gasteiger partial charge in [-0.1, -0.05) is 33.1 Å². The van der Waals surface area contributed by atoms with Gasteiger partial charge >= 0.3 is 0 Å². The van der Waals surface area contributed by atoms with Gasteiger partial charge in [-0.3, -0.25) is 4.79 Å². The normalized spacial score (nSPS) is 16.6. The second kappa shape index (κ2) is 7.43. The van der Waals surface area contributed by atoms with Crippen molar-refractivity contribution in [1.82, 2.24) is 20.2 Å². The highest BCUT2D eigenvalue weighted by Crippen LogP contribution is 2.17. The number of rotatable bonds is 6. The molecule has 2 N–H and O–H groups in total. The highest BCUT2D eigenvalue weighted by molar-refractivity contribution is 5.76. The molecule has 1 amide bonds. The molecule has 0 radical (unpaired) electrons. The molecule has 1 heterocycles. The molecular weight excluding hydrogens is 252 g/mol. The molecule has 1 fully saturated rings. The Kier molecular flexibility index (Phi) is 5.59. The Morgan fingerprint density at radius 2 is 2.15 bits per heavy atom. The molecule has 1 aromatic heterocycles. The van der Waals surface area contributed by atoms with Crippen molar-refractivity contribution in [2.45, 2.75) is 71.1 Å². The number of amides is 1. The van der Waals surface area contributed by atoms with Gasteiger partial charge in [-0.15, -0.1) is 0 Å². The first-order valence-corrected chi connectivity index (χ1v) is 7.67. The summed E-state index contributed by atoms with van der Waals surface area (Å²) in [6.07, 6.45) is 9.70. The second-order valence-electron chi connectivity index (χ2n) is 5.98. The van der Waals surface area contributed by atoms with Crippen molar-refractivity contribution in [3.63, 3.8) is 0 Å². The van der Waals surface area contributed by atoms with E-state index >= 15 is 0 Å². The SMILES string of the molecule is CC(C)NCc1cn(CC(=O)NC2CCCCC2)cn1. The fourth-order valence-electron chi connectivity index (χ4n) is 2.58. The molecule has 0 spiro atoms. The zero-order chi connectivity index (χ0) is 14.4. The van der Waals surface area contributed by atoms with E-state index in [0.29, 0.717) is 18.6 Å². The number of hydrogen-bond donors (Lipinski definition) is 2. The molecule has 1 aliphatic rings. The predicted molar refractivity (Wildman–Crippen MR) is 79.2 cm³/mol. The molecule has 0 saturated heterocycles. The summed E-state index contributed by atoms with van der Waals surface area (Å²) in [4.78, 5) is 16.3. The molecule has 0 atom stereocenters. The summed E-state index contributed by atoms with van der Waals surface area (Å²) in [5.41, 5.74) is 0.976. The number of carbonyl (C=O) groups excluding carboxylic acids is 1. The summed E-state index contributed by atoms with van der Waals surface area (Å²) < 4.78 is 1.86. The van der Waals surface area contributed by atoms with Crippen LogP contribution < -0.4 is 10.6 Å². The highest BCUT2D eigenvalue weighted by atomic mass is 16.2. The lowest BCUT2D eigenvalue weighted by Gasteiger charge is -2.22. The van der Waals surface area contributed by atoms with Crippen molar-refractivity contribution in [2.24, 2.45) is 0 Å². The van der Waals surface area contributed by atoms with E-state index in [4.69, 9.17) is 0 Å². The minimum absolute atomic E-state index is 0.0951. The predicted octanol–water partition coefficient (Wildman–Crippen LogP) is 1.83. The van der Waals surface area contributed by atoms with Gasteiger partial charge in [-0.2, -0.15) is 0 Å². The van der Waals surface area contributed by atoms with Crippen LogP contribution in [0, 0.1) is 0 Å². The fraction of sp³-hybridized carbons (Fsp3) is 0.733. The van der Waals surface area contributed by atoms with Gasteiger partial charge in [0.15, 0.2) is 0 Å². The Morgan fingerprint density at radius 3 is 2.85 bits per heavy atom. The van der Waals surface area contributed by atoms with Gasteiger partial charge in [0.25, 0.3) is 0 Å². The van der Waals surface area contributed by atoms with Crippen LogP contribution in [0.2, 0.25) is 0 Å². The van der Waals surface area contributed by atoms with E-state index in [9.17, 15) is 4.79 Å². The number of imidazole rings is 1. The van der Waals surface area contributed by atoms with E-state index in [1.807, 2.05) is 10.8 Å². The summed E-state index contributed by atoms with van der Waals surface area (Å²) in [5.74, 6) is 0.0951. The minimum atomic E-state index is 0.0951. The number of nitrogens with one attached hydrogen (secondary N) is 2. The summed E-state index contributed by atoms with van der Waals surface area (Å²) in [5, 5.41) is 6.44. The first-order chi connectivity index (χ1) is 9.63. The summed E-state index contributed by atoms with van der Waals surface area (Å²) in [6, 6.07) is 0.816. The average molecular weight is 278 g/mol. The zero-order valence-electron chi connectivity index (χ0n) is 12.6. The lowest BCUT2D eigenvalue weighted by atomic mass is 9.95. The standard InChI is InChI=1S/C15H26N4O/c1-12(2)16-8-14-9-19(11-17-14)10-15(20)18-13-6-4-3-5-7-13/h9,11-13,16H,3-8,10H2,1-2H3,(H,18,20). The lowest BCUT2D eigenvalue weighted by molar-refractivity contribution is -0.122. The maximum absolute atomic E-state index is 12.0. The van der Waals surface area contributed by atoms with Gasteiger partial charge in [-0.05, 0) is 12.8 Å². The number of nitrogens with zero attached hydrogens (tertiary/aromatic N) is 2. The first kappa shape index (κ1) is 15.0. The Morgan fingerprint density at radius 1 is 1.40 bits per heavy atom. The third-order valence-electron chi connectivity index (χ3n) is 3.67. The fourth-order valence-corrected chi connectivity index (χ4v) is 2.58. The van der Waals surface area contributed by atoms with Gasteiger partial charge < -0.3 is 15.2 Å². The van der Waals surface area contributed by atoms with Crippen LogP contribution in [-0.4, -0.2) is 27.5 Å². The van der Waals surface area contributed by atoms with Crippen LogP contribution >= 0.6 is 0 Å².